The van der Waals surface area contributed by atoms with Gasteiger partial charge in [-0.2, -0.15) is 4.31 Å². The van der Waals surface area contributed by atoms with Crippen molar-refractivity contribution in [1.82, 2.24) is 18.8 Å². The van der Waals surface area contributed by atoms with E-state index in [9.17, 15) is 17.6 Å². The number of hydrogen-bond acceptors (Lipinski definition) is 4. The van der Waals surface area contributed by atoms with E-state index in [2.05, 4.69) is 4.98 Å². The Hall–Kier alpha value is -2.78. The van der Waals surface area contributed by atoms with E-state index >= 15 is 0 Å². The second kappa shape index (κ2) is 9.70. The van der Waals surface area contributed by atoms with Crippen LogP contribution in [0.5, 0.6) is 0 Å². The number of aryl methyl sites for hydroxylation is 2. The summed E-state index contributed by atoms with van der Waals surface area (Å²) in [5.74, 6) is 0.412. The van der Waals surface area contributed by atoms with Gasteiger partial charge in [0.1, 0.15) is 11.6 Å². The first-order chi connectivity index (χ1) is 16.8. The molecule has 2 aromatic carbocycles. The highest BCUT2D eigenvalue weighted by Crippen LogP contribution is 2.30. The number of aromatic nitrogens is 2. The van der Waals surface area contributed by atoms with Crippen molar-refractivity contribution in [1.29, 1.82) is 0 Å². The van der Waals surface area contributed by atoms with E-state index in [1.54, 1.807) is 45.6 Å². The van der Waals surface area contributed by atoms with Crippen molar-refractivity contribution < 1.29 is 17.6 Å². The molecule has 2 heterocycles. The second-order valence-electron chi connectivity index (χ2n) is 9.55. The van der Waals surface area contributed by atoms with Gasteiger partial charge in [0.25, 0.3) is 0 Å². The minimum Gasteiger partial charge on any atom is -0.335 e. The van der Waals surface area contributed by atoms with Crippen LogP contribution in [0, 0.1) is 5.82 Å². The first-order valence-corrected chi connectivity index (χ1v) is 13.8. The van der Waals surface area contributed by atoms with Crippen LogP contribution < -0.4 is 0 Å². The molecule has 0 radical (unpaired) electrons. The highest BCUT2D eigenvalue weighted by atomic mass is 32.2. The first kappa shape index (κ1) is 23.9. The number of hydrogen-bond donors (Lipinski definition) is 0. The van der Waals surface area contributed by atoms with Crippen LogP contribution in [0.1, 0.15) is 49.9 Å². The summed E-state index contributed by atoms with van der Waals surface area (Å²) < 4.78 is 43.8. The number of imidazole rings is 1. The molecule has 1 saturated carbocycles. The summed E-state index contributed by atoms with van der Waals surface area (Å²) in [6.07, 6.45) is 5.42. The molecule has 5 rings (SSSR count). The lowest BCUT2D eigenvalue weighted by Crippen LogP contribution is -2.35. The van der Waals surface area contributed by atoms with Gasteiger partial charge < -0.3 is 9.47 Å². The van der Waals surface area contributed by atoms with Gasteiger partial charge in [-0.3, -0.25) is 4.79 Å². The van der Waals surface area contributed by atoms with Gasteiger partial charge in [0.15, 0.2) is 0 Å². The van der Waals surface area contributed by atoms with Crippen LogP contribution >= 0.6 is 0 Å². The van der Waals surface area contributed by atoms with E-state index in [-0.39, 0.29) is 35.6 Å². The molecule has 0 bridgehead atoms. The second-order valence-corrected chi connectivity index (χ2v) is 11.5. The number of nitrogens with zero attached hydrogens (tertiary/aromatic N) is 4. The molecule has 1 aromatic heterocycles. The van der Waals surface area contributed by atoms with Crippen molar-refractivity contribution in [2.24, 2.45) is 7.05 Å². The lowest BCUT2D eigenvalue weighted by atomic mass is 10.1. The van der Waals surface area contributed by atoms with E-state index < -0.39 is 10.0 Å². The van der Waals surface area contributed by atoms with Crippen molar-refractivity contribution in [2.75, 3.05) is 13.1 Å². The fourth-order valence-corrected chi connectivity index (χ4v) is 6.39. The van der Waals surface area contributed by atoms with Gasteiger partial charge in [0.2, 0.25) is 15.9 Å². The molecule has 2 aliphatic rings. The largest absolute Gasteiger partial charge is 0.335 e. The number of halogens is 1. The van der Waals surface area contributed by atoms with Gasteiger partial charge in [-0.25, -0.2) is 17.8 Å². The van der Waals surface area contributed by atoms with Crippen LogP contribution in [0.2, 0.25) is 0 Å². The summed E-state index contributed by atoms with van der Waals surface area (Å²) in [6, 6.07) is 11.8. The van der Waals surface area contributed by atoms with Crippen molar-refractivity contribution in [2.45, 2.75) is 62.4 Å². The fourth-order valence-electron chi connectivity index (χ4n) is 4.85. The number of sulfonamides is 1. The highest BCUT2D eigenvalue weighted by molar-refractivity contribution is 7.89. The third-order valence-corrected chi connectivity index (χ3v) is 8.96. The Morgan fingerprint density at radius 3 is 2.57 bits per heavy atom. The molecule has 7 nitrogen and oxygen atoms in total. The van der Waals surface area contributed by atoms with Gasteiger partial charge >= 0.3 is 0 Å². The van der Waals surface area contributed by atoms with Crippen LogP contribution in [-0.2, 0) is 34.8 Å². The molecular weight excluding hydrogens is 467 g/mol. The Labute approximate surface area is 205 Å². The number of benzene rings is 2. The topological polar surface area (TPSA) is 75.5 Å². The molecule has 0 atom stereocenters. The number of carbonyl (C=O) groups excluding carboxylic acids is 1. The Bertz CT molecular complexity index is 1340. The van der Waals surface area contributed by atoms with Crippen molar-refractivity contribution in [3.63, 3.8) is 0 Å². The van der Waals surface area contributed by atoms with Crippen molar-refractivity contribution >= 4 is 27.0 Å². The van der Waals surface area contributed by atoms with Gasteiger partial charge in [0, 0.05) is 51.1 Å². The average Bonchev–Trinajstić information content (AvgIpc) is 3.66. The summed E-state index contributed by atoms with van der Waals surface area (Å²) in [5, 5.41) is 0. The molecule has 0 spiro atoms. The zero-order valence-corrected chi connectivity index (χ0v) is 20.8. The summed E-state index contributed by atoms with van der Waals surface area (Å²) in [6.45, 7) is 1.39. The summed E-state index contributed by atoms with van der Waals surface area (Å²) in [4.78, 5) is 19.8. The molecule has 0 N–H and O–H groups in total. The van der Waals surface area contributed by atoms with Crippen molar-refractivity contribution in [3.05, 3.63) is 59.7 Å². The van der Waals surface area contributed by atoms with Gasteiger partial charge in [-0.15, -0.1) is 0 Å². The smallest absolute Gasteiger partial charge is 0.243 e. The third kappa shape index (κ3) is 4.97. The van der Waals surface area contributed by atoms with Crippen LogP contribution in [0.25, 0.3) is 11.0 Å². The minimum absolute atomic E-state index is 0.0174. The van der Waals surface area contributed by atoms with Crippen molar-refractivity contribution in [3.8, 4) is 0 Å². The van der Waals surface area contributed by atoms with E-state index in [1.165, 1.54) is 6.07 Å². The number of rotatable bonds is 8. The minimum atomic E-state index is -3.54. The van der Waals surface area contributed by atoms with Gasteiger partial charge in [-0.1, -0.05) is 24.6 Å². The number of piperidine rings is 1. The lowest BCUT2D eigenvalue weighted by Gasteiger charge is -2.25. The van der Waals surface area contributed by atoms with E-state index in [0.29, 0.717) is 30.6 Å². The van der Waals surface area contributed by atoms with Crippen LogP contribution in [-0.4, -0.2) is 52.2 Å². The summed E-state index contributed by atoms with van der Waals surface area (Å²) >= 11 is 0. The maximum atomic E-state index is 14.2. The van der Waals surface area contributed by atoms with Crippen LogP contribution in [0.4, 0.5) is 4.39 Å². The third-order valence-electron chi connectivity index (χ3n) is 7.07. The number of amides is 1. The van der Waals surface area contributed by atoms with Crippen LogP contribution in [0.15, 0.2) is 47.4 Å². The molecule has 0 unspecified atom stereocenters. The van der Waals surface area contributed by atoms with E-state index in [4.69, 9.17) is 0 Å². The van der Waals surface area contributed by atoms with Gasteiger partial charge in [-0.05, 0) is 49.9 Å². The molecule has 9 heteroatoms. The monoisotopic (exact) mass is 498 g/mol. The molecule has 2 fully saturated rings. The zero-order valence-electron chi connectivity index (χ0n) is 20.0. The standard InChI is InChI=1S/C26H31FN4O3S/c1-29-24-12-11-21(35(33,34)30-15-5-2-6-16-30)17-23(24)28-25(29)13-14-26(32)31(20-9-10-20)18-19-7-3-4-8-22(19)27/h3-4,7-8,11-12,17,20H,2,5-6,9-10,13-16,18H2,1H3. The molecular formula is C26H31FN4O3S. The molecule has 1 amide bonds. The Balaban J connectivity index is 1.31. The predicted molar refractivity (Wildman–Crippen MR) is 132 cm³/mol. The zero-order chi connectivity index (χ0) is 24.6. The predicted octanol–water partition coefficient (Wildman–Crippen LogP) is 4.01. The quantitative estimate of drug-likeness (QED) is 0.470. The molecule has 3 aromatic rings. The van der Waals surface area contributed by atoms with E-state index in [0.717, 1.165) is 43.4 Å². The molecule has 1 aliphatic heterocycles. The molecule has 1 aliphatic carbocycles. The highest BCUT2D eigenvalue weighted by Gasteiger charge is 2.33. The maximum absolute atomic E-state index is 14.2. The SMILES string of the molecule is Cn1c(CCC(=O)N(Cc2ccccc2F)C2CC2)nc2cc(S(=O)(=O)N3CCCCC3)ccc21. The normalized spacial score (nSPS) is 17.1. The van der Waals surface area contributed by atoms with Crippen LogP contribution in [0.3, 0.4) is 0 Å². The Kier molecular flexibility index (Phi) is 6.63. The molecule has 186 valence electrons. The summed E-state index contributed by atoms with van der Waals surface area (Å²) in [5.41, 5.74) is 1.96. The summed E-state index contributed by atoms with van der Waals surface area (Å²) in [7, 11) is -1.66. The Morgan fingerprint density at radius 2 is 1.86 bits per heavy atom. The first-order valence-electron chi connectivity index (χ1n) is 12.3. The number of fused-ring (bicyclic) bond motifs is 1. The molecule has 1 saturated heterocycles. The lowest BCUT2D eigenvalue weighted by molar-refractivity contribution is -0.132. The van der Waals surface area contributed by atoms with E-state index in [1.807, 2.05) is 11.6 Å². The molecule has 35 heavy (non-hydrogen) atoms. The Morgan fingerprint density at radius 1 is 1.11 bits per heavy atom. The fraction of sp³-hybridized carbons (Fsp3) is 0.462. The number of carbonyl (C=O) groups is 1. The van der Waals surface area contributed by atoms with Gasteiger partial charge in [0.05, 0.1) is 15.9 Å². The maximum Gasteiger partial charge on any atom is 0.243 e. The average molecular weight is 499 g/mol.